The maximum atomic E-state index is 14.1. The quantitative estimate of drug-likeness (QED) is 0.317. The normalized spacial score (nSPS) is 14.9. The highest BCUT2D eigenvalue weighted by Crippen LogP contribution is 2.32. The van der Waals surface area contributed by atoms with E-state index in [1.165, 1.54) is 18.3 Å². The number of piperidine rings is 1. The Labute approximate surface area is 227 Å². The van der Waals surface area contributed by atoms with Crippen LogP contribution < -0.4 is 15.0 Å². The summed E-state index contributed by atoms with van der Waals surface area (Å²) in [5.74, 6) is -1.33. The molecule has 39 heavy (non-hydrogen) atoms. The fraction of sp³-hybridized carbons (Fsp3) is 0.346. The summed E-state index contributed by atoms with van der Waals surface area (Å²) in [5.41, 5.74) is 2.80. The maximum Gasteiger partial charge on any atom is 0.235 e. The van der Waals surface area contributed by atoms with Crippen LogP contribution in [0.2, 0.25) is 0 Å². The molecule has 1 saturated heterocycles. The lowest BCUT2D eigenvalue weighted by Crippen LogP contribution is -2.39. The smallest absolute Gasteiger partial charge is 0.235 e. The van der Waals surface area contributed by atoms with Gasteiger partial charge in [-0.05, 0) is 18.2 Å². The van der Waals surface area contributed by atoms with Crippen molar-refractivity contribution in [2.45, 2.75) is 25.0 Å². The molecule has 0 aliphatic carbocycles. The number of aromatic nitrogens is 5. The number of carbonyl (C=O) groups is 1. The molecule has 1 amide bonds. The van der Waals surface area contributed by atoms with Crippen molar-refractivity contribution in [3.05, 3.63) is 60.2 Å². The first kappa shape index (κ1) is 26.7. The van der Waals surface area contributed by atoms with Crippen molar-refractivity contribution in [3.8, 4) is 17.0 Å². The molecule has 1 aliphatic rings. The Morgan fingerprint density at radius 2 is 2.00 bits per heavy atom. The van der Waals surface area contributed by atoms with Crippen LogP contribution in [0.1, 0.15) is 24.6 Å². The van der Waals surface area contributed by atoms with Crippen LogP contribution >= 0.6 is 11.6 Å². The molecule has 3 aromatic heterocycles. The van der Waals surface area contributed by atoms with Crippen LogP contribution in [0.15, 0.2) is 42.9 Å². The molecule has 1 fully saturated rings. The van der Waals surface area contributed by atoms with E-state index in [4.69, 9.17) is 26.3 Å². The molecule has 10 nitrogen and oxygen atoms in total. The van der Waals surface area contributed by atoms with E-state index in [1.54, 1.807) is 16.9 Å². The molecule has 0 spiro atoms. The zero-order valence-electron chi connectivity index (χ0n) is 21.0. The van der Waals surface area contributed by atoms with E-state index in [0.29, 0.717) is 54.2 Å². The highest BCUT2D eigenvalue weighted by molar-refractivity contribution is 6.27. The van der Waals surface area contributed by atoms with Crippen LogP contribution in [0.5, 0.6) is 5.75 Å². The van der Waals surface area contributed by atoms with Crippen molar-refractivity contribution >= 4 is 34.4 Å². The predicted octanol–water partition coefficient (Wildman–Crippen LogP) is 3.14. The van der Waals surface area contributed by atoms with E-state index in [9.17, 15) is 18.7 Å². The number of ether oxygens (including phenoxy) is 1. The minimum Gasteiger partial charge on any atom is -0.487 e. The minimum atomic E-state index is -1.05. The number of alkyl halides is 1. The number of nitrogens with one attached hydrogen (secondary N) is 1. The summed E-state index contributed by atoms with van der Waals surface area (Å²) in [7, 11) is 1.81. The average Bonchev–Trinajstić information content (AvgIpc) is 3.38. The van der Waals surface area contributed by atoms with Crippen molar-refractivity contribution < 1.29 is 23.4 Å². The van der Waals surface area contributed by atoms with Crippen LogP contribution in [0.3, 0.4) is 0 Å². The number of carbonyl (C=O) groups excluding carboxylic acids is 1. The van der Waals surface area contributed by atoms with Gasteiger partial charge >= 0.3 is 0 Å². The fourth-order valence-corrected chi connectivity index (χ4v) is 4.50. The first-order chi connectivity index (χ1) is 18.8. The number of aryl methyl sites for hydroxylation is 1. The number of aliphatic hydroxyl groups excluding tert-OH is 1. The molecule has 1 atom stereocenters. The van der Waals surface area contributed by atoms with Crippen molar-refractivity contribution in [1.29, 1.82) is 0 Å². The van der Waals surface area contributed by atoms with Crippen molar-refractivity contribution in [1.82, 2.24) is 30.0 Å². The van der Waals surface area contributed by atoms with Gasteiger partial charge in [0.2, 0.25) is 5.91 Å². The summed E-state index contributed by atoms with van der Waals surface area (Å²) in [6.45, 7) is 1.08. The molecule has 2 N–H and O–H groups in total. The third-order valence-corrected chi connectivity index (χ3v) is 6.66. The first-order valence-corrected chi connectivity index (χ1v) is 12.9. The standard InChI is InChI=1S/C26H26ClF2N7O3/c1-35-14-15(11-32-35)25-26(36-6-4-17(5-7-36)39-23-3-2-16(28)8-18(23)29)34-19-9-20(30-12-21(19)33-25)22(37)13-31-24(38)10-27/h2-3,8-9,11-12,14,17,22,37H,4-7,10,13H2,1H3,(H,31,38). The lowest BCUT2D eigenvalue weighted by Gasteiger charge is -2.33. The van der Waals surface area contributed by atoms with E-state index < -0.39 is 23.6 Å². The topological polar surface area (TPSA) is 118 Å². The number of benzene rings is 1. The van der Waals surface area contributed by atoms with E-state index in [-0.39, 0.29) is 24.3 Å². The Morgan fingerprint density at radius 1 is 1.21 bits per heavy atom. The fourth-order valence-electron chi connectivity index (χ4n) is 4.40. The molecule has 0 bridgehead atoms. The van der Waals surface area contributed by atoms with Crippen LogP contribution in [-0.2, 0) is 11.8 Å². The highest BCUT2D eigenvalue weighted by Gasteiger charge is 2.26. The number of aliphatic hydroxyl groups is 1. The number of hydrogen-bond donors (Lipinski definition) is 2. The molecule has 13 heteroatoms. The molecule has 5 rings (SSSR count). The molecule has 0 saturated carbocycles. The number of rotatable bonds is 8. The van der Waals surface area contributed by atoms with Gasteiger partial charge in [-0.25, -0.2) is 18.7 Å². The van der Waals surface area contributed by atoms with Gasteiger partial charge in [0.05, 0.1) is 23.6 Å². The second-order valence-corrected chi connectivity index (χ2v) is 9.50. The number of hydrogen-bond acceptors (Lipinski definition) is 8. The largest absolute Gasteiger partial charge is 0.487 e. The summed E-state index contributed by atoms with van der Waals surface area (Å²) in [6.07, 6.45) is 4.96. The van der Waals surface area contributed by atoms with Crippen molar-refractivity contribution in [2.75, 3.05) is 30.4 Å². The molecule has 4 heterocycles. The monoisotopic (exact) mass is 557 g/mol. The summed E-state index contributed by atoms with van der Waals surface area (Å²) in [4.78, 5) is 27.6. The SMILES string of the molecule is Cn1cc(-c2nc3cnc(C(O)CNC(=O)CCl)cc3nc2N2CCC(Oc3ccc(F)cc3F)CC2)cn1. The predicted molar refractivity (Wildman–Crippen MR) is 140 cm³/mol. The lowest BCUT2D eigenvalue weighted by molar-refractivity contribution is -0.119. The van der Waals surface area contributed by atoms with Gasteiger partial charge in [0.1, 0.15) is 35.1 Å². The van der Waals surface area contributed by atoms with Gasteiger partial charge in [-0.15, -0.1) is 11.6 Å². The van der Waals surface area contributed by atoms with Gasteiger partial charge < -0.3 is 20.1 Å². The highest BCUT2D eigenvalue weighted by atomic mass is 35.5. The Morgan fingerprint density at radius 3 is 2.69 bits per heavy atom. The molecule has 1 aromatic carbocycles. The molecule has 0 radical (unpaired) electrons. The lowest BCUT2D eigenvalue weighted by atomic mass is 10.1. The van der Waals surface area contributed by atoms with E-state index >= 15 is 0 Å². The molecular formula is C26H26ClF2N7O3. The van der Waals surface area contributed by atoms with E-state index in [1.807, 2.05) is 13.2 Å². The number of nitrogens with zero attached hydrogens (tertiary/aromatic N) is 6. The number of pyridine rings is 1. The van der Waals surface area contributed by atoms with E-state index in [0.717, 1.165) is 11.6 Å². The van der Waals surface area contributed by atoms with Crippen LogP contribution in [-0.4, -0.2) is 67.4 Å². The second kappa shape index (κ2) is 11.5. The Kier molecular flexibility index (Phi) is 7.84. The molecular weight excluding hydrogens is 532 g/mol. The Hall–Kier alpha value is -3.90. The third kappa shape index (κ3) is 6.07. The van der Waals surface area contributed by atoms with Crippen LogP contribution in [0.4, 0.5) is 14.6 Å². The molecule has 1 unspecified atom stereocenters. The number of halogens is 3. The summed E-state index contributed by atoms with van der Waals surface area (Å²) in [5, 5.41) is 17.3. The van der Waals surface area contributed by atoms with Crippen molar-refractivity contribution in [2.24, 2.45) is 7.05 Å². The van der Waals surface area contributed by atoms with Gasteiger partial charge in [0.15, 0.2) is 17.4 Å². The van der Waals surface area contributed by atoms with Crippen LogP contribution in [0.25, 0.3) is 22.3 Å². The first-order valence-electron chi connectivity index (χ1n) is 12.3. The molecule has 204 valence electrons. The number of anilines is 1. The zero-order chi connectivity index (χ0) is 27.5. The summed E-state index contributed by atoms with van der Waals surface area (Å²) in [6, 6.07) is 4.92. The molecule has 4 aromatic rings. The summed E-state index contributed by atoms with van der Waals surface area (Å²) >= 11 is 5.50. The Bertz CT molecular complexity index is 1490. The number of fused-ring (bicyclic) bond motifs is 1. The third-order valence-electron chi connectivity index (χ3n) is 6.42. The van der Waals surface area contributed by atoms with E-state index in [2.05, 4.69) is 20.3 Å². The van der Waals surface area contributed by atoms with Gasteiger partial charge in [-0.3, -0.25) is 14.5 Å². The van der Waals surface area contributed by atoms with Gasteiger partial charge in [-0.2, -0.15) is 5.10 Å². The van der Waals surface area contributed by atoms with Gasteiger partial charge in [-0.1, -0.05) is 0 Å². The second-order valence-electron chi connectivity index (χ2n) is 9.23. The van der Waals surface area contributed by atoms with Crippen molar-refractivity contribution in [3.63, 3.8) is 0 Å². The molecule has 1 aliphatic heterocycles. The number of amides is 1. The minimum absolute atomic E-state index is 0.0252. The average molecular weight is 558 g/mol. The maximum absolute atomic E-state index is 14.1. The Balaban J connectivity index is 1.40. The summed E-state index contributed by atoms with van der Waals surface area (Å²) < 4.78 is 34.8. The zero-order valence-corrected chi connectivity index (χ0v) is 21.8. The van der Waals surface area contributed by atoms with Crippen LogP contribution in [0, 0.1) is 11.6 Å². The van der Waals surface area contributed by atoms with Gasteiger partial charge in [0, 0.05) is 57.4 Å². The van der Waals surface area contributed by atoms with Gasteiger partial charge in [0.25, 0.3) is 0 Å².